The summed E-state index contributed by atoms with van der Waals surface area (Å²) in [7, 11) is 1.63. The maximum Gasteiger partial charge on any atom is 0.258 e. The highest BCUT2D eigenvalue weighted by molar-refractivity contribution is 7.09. The van der Waals surface area contributed by atoms with Crippen LogP contribution in [0, 0.1) is 0 Å². The van der Waals surface area contributed by atoms with Crippen LogP contribution in [0.5, 0.6) is 17.2 Å². The molecule has 0 atom stereocenters. The zero-order chi connectivity index (χ0) is 26.5. The zero-order valence-corrected chi connectivity index (χ0v) is 22.3. The minimum atomic E-state index is -0.434. The number of thiophene rings is 1. The Hall–Kier alpha value is -3.56. The number of ether oxygens (including phenoxy) is 1. The first-order valence-electron chi connectivity index (χ1n) is 12.4. The van der Waals surface area contributed by atoms with Crippen LogP contribution >= 0.6 is 11.3 Å². The van der Waals surface area contributed by atoms with Crippen molar-refractivity contribution in [3.8, 4) is 17.2 Å². The first kappa shape index (κ1) is 26.5. The predicted molar refractivity (Wildman–Crippen MR) is 143 cm³/mol. The molecule has 196 valence electrons. The van der Waals surface area contributed by atoms with Gasteiger partial charge in [0, 0.05) is 37.6 Å². The maximum atomic E-state index is 13.4. The number of hydrogen-bond donors (Lipinski definition) is 2. The fourth-order valence-electron chi connectivity index (χ4n) is 4.44. The van der Waals surface area contributed by atoms with Gasteiger partial charge in [-0.3, -0.25) is 9.59 Å². The van der Waals surface area contributed by atoms with E-state index < -0.39 is 11.8 Å². The van der Waals surface area contributed by atoms with Crippen molar-refractivity contribution >= 4 is 23.2 Å². The molecule has 0 bridgehead atoms. The number of carbonyl (C=O) groups is 2. The molecule has 0 saturated heterocycles. The monoisotopic (exact) mass is 523 g/mol. The summed E-state index contributed by atoms with van der Waals surface area (Å²) >= 11 is 1.53. The molecule has 3 aromatic rings. The van der Waals surface area contributed by atoms with Crippen molar-refractivity contribution in [3.05, 3.63) is 75.0 Å². The molecular formula is C28H33N3O5S. The van der Waals surface area contributed by atoms with Crippen LogP contribution in [0.25, 0.3) is 0 Å². The van der Waals surface area contributed by atoms with Crippen molar-refractivity contribution in [2.75, 3.05) is 33.3 Å². The Balaban J connectivity index is 1.45. The Kier molecular flexibility index (Phi) is 8.35. The van der Waals surface area contributed by atoms with Gasteiger partial charge in [-0.15, -0.1) is 11.3 Å². The molecular weight excluding hydrogens is 490 g/mol. The number of carbonyl (C=O) groups excluding carboxylic acids is 2. The van der Waals surface area contributed by atoms with Crippen molar-refractivity contribution in [3.63, 3.8) is 0 Å². The molecule has 0 fully saturated rings. The summed E-state index contributed by atoms with van der Waals surface area (Å²) < 4.78 is 5.93. The molecule has 2 heterocycles. The molecule has 2 N–H and O–H groups in total. The van der Waals surface area contributed by atoms with Gasteiger partial charge in [0.1, 0.15) is 23.9 Å². The molecule has 0 spiro atoms. The van der Waals surface area contributed by atoms with Crippen LogP contribution in [0.3, 0.4) is 0 Å². The van der Waals surface area contributed by atoms with E-state index in [1.165, 1.54) is 22.3 Å². The standard InChI is InChI=1S/C28H33N3O5S/c1-4-30(5-2)10-11-36-21-9-8-19-16-31(17-20(19)13-21)28(35)24-14-23(25(32)15-26(24)33)27(34)29(3)18-22-7-6-12-37-22/h6-9,12-15,32-33H,4-5,10-11,16-18H2,1-3H3. The Morgan fingerprint density at radius 1 is 1.00 bits per heavy atom. The van der Waals surface area contributed by atoms with E-state index in [-0.39, 0.29) is 22.6 Å². The molecule has 1 aliphatic heterocycles. The highest BCUT2D eigenvalue weighted by atomic mass is 32.1. The van der Waals surface area contributed by atoms with Gasteiger partial charge >= 0.3 is 0 Å². The molecule has 2 amide bonds. The Morgan fingerprint density at radius 2 is 1.73 bits per heavy atom. The molecule has 1 aromatic heterocycles. The van der Waals surface area contributed by atoms with Gasteiger partial charge in [0.05, 0.1) is 17.7 Å². The minimum absolute atomic E-state index is 0.0193. The second kappa shape index (κ2) is 11.7. The highest BCUT2D eigenvalue weighted by Gasteiger charge is 2.29. The average molecular weight is 524 g/mol. The number of phenolic OH excluding ortho intramolecular Hbond substituents is 2. The molecule has 9 heteroatoms. The second-order valence-corrected chi connectivity index (χ2v) is 10.1. The lowest BCUT2D eigenvalue weighted by Gasteiger charge is -2.20. The highest BCUT2D eigenvalue weighted by Crippen LogP contribution is 2.33. The van der Waals surface area contributed by atoms with Crippen molar-refractivity contribution < 1.29 is 24.5 Å². The predicted octanol–water partition coefficient (Wildman–Crippen LogP) is 4.31. The van der Waals surface area contributed by atoms with Gasteiger partial charge in [-0.1, -0.05) is 26.0 Å². The number of nitrogens with zero attached hydrogens (tertiary/aromatic N) is 3. The SMILES string of the molecule is CCN(CC)CCOc1ccc2c(c1)CN(C(=O)c1cc(C(=O)N(C)Cc3cccs3)c(O)cc1O)C2. The third kappa shape index (κ3) is 6.06. The van der Waals surface area contributed by atoms with Gasteiger partial charge in [-0.05, 0) is 53.9 Å². The van der Waals surface area contributed by atoms with Gasteiger partial charge in [0.2, 0.25) is 0 Å². The van der Waals surface area contributed by atoms with E-state index in [4.69, 9.17) is 4.74 Å². The summed E-state index contributed by atoms with van der Waals surface area (Å²) in [6, 6.07) is 12.0. The van der Waals surface area contributed by atoms with Gasteiger partial charge in [0.25, 0.3) is 11.8 Å². The number of rotatable bonds is 10. The topological polar surface area (TPSA) is 93.6 Å². The molecule has 4 rings (SSSR count). The summed E-state index contributed by atoms with van der Waals surface area (Å²) in [6.07, 6.45) is 0. The van der Waals surface area contributed by atoms with Gasteiger partial charge in [-0.2, -0.15) is 0 Å². The fraction of sp³-hybridized carbons (Fsp3) is 0.357. The quantitative estimate of drug-likeness (QED) is 0.411. The number of phenols is 2. The molecule has 8 nitrogen and oxygen atoms in total. The molecule has 37 heavy (non-hydrogen) atoms. The lowest BCUT2D eigenvalue weighted by molar-refractivity contribution is 0.0748. The lowest BCUT2D eigenvalue weighted by atomic mass is 10.1. The zero-order valence-electron chi connectivity index (χ0n) is 21.4. The Bertz CT molecular complexity index is 1260. The molecule has 2 aromatic carbocycles. The second-order valence-electron chi connectivity index (χ2n) is 9.09. The minimum Gasteiger partial charge on any atom is -0.507 e. The number of amides is 2. The largest absolute Gasteiger partial charge is 0.507 e. The van der Waals surface area contributed by atoms with Crippen molar-refractivity contribution in [2.45, 2.75) is 33.5 Å². The van der Waals surface area contributed by atoms with Crippen LogP contribution in [0.15, 0.2) is 47.8 Å². The van der Waals surface area contributed by atoms with Crippen LogP contribution in [-0.4, -0.2) is 70.0 Å². The first-order valence-corrected chi connectivity index (χ1v) is 13.3. The normalized spacial score (nSPS) is 12.6. The van der Waals surface area contributed by atoms with Crippen molar-refractivity contribution in [2.24, 2.45) is 0 Å². The van der Waals surface area contributed by atoms with E-state index in [2.05, 4.69) is 18.7 Å². The number of likely N-dealkylation sites (N-methyl/N-ethyl adjacent to an activating group) is 1. The van der Waals surface area contributed by atoms with E-state index >= 15 is 0 Å². The number of hydrogen-bond acceptors (Lipinski definition) is 7. The number of benzene rings is 2. The number of aromatic hydroxyl groups is 2. The van der Waals surface area contributed by atoms with E-state index in [1.54, 1.807) is 11.9 Å². The third-order valence-electron chi connectivity index (χ3n) is 6.65. The summed E-state index contributed by atoms with van der Waals surface area (Å²) in [4.78, 5) is 32.8. The number of fused-ring (bicyclic) bond motifs is 1. The average Bonchev–Trinajstić information content (AvgIpc) is 3.55. The fourth-order valence-corrected chi connectivity index (χ4v) is 5.20. The molecule has 0 radical (unpaired) electrons. The van der Waals surface area contributed by atoms with Crippen molar-refractivity contribution in [1.29, 1.82) is 0 Å². The molecule has 0 aliphatic carbocycles. The Labute approximate surface area is 221 Å². The molecule has 1 aliphatic rings. The lowest BCUT2D eigenvalue weighted by Crippen LogP contribution is -2.28. The van der Waals surface area contributed by atoms with Crippen LogP contribution in [0.4, 0.5) is 0 Å². The summed E-state index contributed by atoms with van der Waals surface area (Å²) in [5.74, 6) is -0.817. The summed E-state index contributed by atoms with van der Waals surface area (Å²) in [6.45, 7) is 8.75. The van der Waals surface area contributed by atoms with Gasteiger partial charge in [-0.25, -0.2) is 0 Å². The van der Waals surface area contributed by atoms with Crippen LogP contribution in [0.2, 0.25) is 0 Å². The summed E-state index contributed by atoms with van der Waals surface area (Å²) in [5.41, 5.74) is 1.95. The van der Waals surface area contributed by atoms with Crippen molar-refractivity contribution in [1.82, 2.24) is 14.7 Å². The first-order chi connectivity index (χ1) is 17.8. The van der Waals surface area contributed by atoms with E-state index in [9.17, 15) is 19.8 Å². The van der Waals surface area contributed by atoms with Gasteiger partial charge in [0.15, 0.2) is 0 Å². The molecule has 0 unspecified atom stereocenters. The Morgan fingerprint density at radius 3 is 2.43 bits per heavy atom. The van der Waals surface area contributed by atoms with E-state index in [0.717, 1.165) is 47.5 Å². The van der Waals surface area contributed by atoms with Gasteiger partial charge < -0.3 is 29.6 Å². The summed E-state index contributed by atoms with van der Waals surface area (Å²) in [5, 5.41) is 22.8. The molecule has 0 saturated carbocycles. The smallest absolute Gasteiger partial charge is 0.258 e. The third-order valence-corrected chi connectivity index (χ3v) is 7.51. The van der Waals surface area contributed by atoms with E-state index in [0.29, 0.717) is 26.2 Å². The van der Waals surface area contributed by atoms with Crippen LogP contribution in [0.1, 0.15) is 50.6 Å². The van der Waals surface area contributed by atoms with Crippen LogP contribution in [-0.2, 0) is 19.6 Å². The maximum absolute atomic E-state index is 13.4. The van der Waals surface area contributed by atoms with Crippen LogP contribution < -0.4 is 4.74 Å². The van der Waals surface area contributed by atoms with E-state index in [1.807, 2.05) is 35.7 Å².